The molecule has 1 aromatic rings. The molecule has 1 aromatic carbocycles. The maximum atomic E-state index is 12.5. The van der Waals surface area contributed by atoms with E-state index in [1.165, 1.54) is 0 Å². The number of nitrogens with one attached hydrogen (secondary N) is 2. The van der Waals surface area contributed by atoms with E-state index in [1.54, 1.807) is 18.2 Å². The fourth-order valence-corrected chi connectivity index (χ4v) is 3.42. The van der Waals surface area contributed by atoms with E-state index in [2.05, 4.69) is 5.32 Å². The van der Waals surface area contributed by atoms with Crippen LogP contribution in [0.1, 0.15) is 27.7 Å². The summed E-state index contributed by atoms with van der Waals surface area (Å²) in [4.78, 5) is 27.6. The molecular formula is C21H34N3O5+. The summed E-state index contributed by atoms with van der Waals surface area (Å²) in [5, 5.41) is 2.87. The van der Waals surface area contributed by atoms with Gasteiger partial charge >= 0.3 is 0 Å². The smallest absolute Gasteiger partial charge is 0.279 e. The molecule has 29 heavy (non-hydrogen) atoms. The van der Waals surface area contributed by atoms with E-state index in [-0.39, 0.29) is 37.1 Å². The lowest BCUT2D eigenvalue weighted by atomic mass is 10.2. The minimum absolute atomic E-state index is 0.0329. The van der Waals surface area contributed by atoms with Gasteiger partial charge in [-0.25, -0.2) is 0 Å². The van der Waals surface area contributed by atoms with Crippen molar-refractivity contribution in [1.29, 1.82) is 0 Å². The number of hydrogen-bond donors (Lipinski definition) is 2. The Kier molecular flexibility index (Phi) is 8.72. The molecule has 0 spiro atoms. The van der Waals surface area contributed by atoms with E-state index < -0.39 is 0 Å². The fourth-order valence-electron chi connectivity index (χ4n) is 3.42. The van der Waals surface area contributed by atoms with Crippen LogP contribution >= 0.6 is 0 Å². The van der Waals surface area contributed by atoms with Crippen LogP contribution in [0.2, 0.25) is 0 Å². The normalized spacial score (nSPS) is 20.1. The molecule has 3 atom stereocenters. The molecule has 8 heteroatoms. The number of morpholine rings is 1. The lowest BCUT2D eigenvalue weighted by Crippen LogP contribution is -3.11. The van der Waals surface area contributed by atoms with Gasteiger partial charge in [-0.15, -0.1) is 0 Å². The van der Waals surface area contributed by atoms with Gasteiger partial charge in [0.15, 0.2) is 24.6 Å². The zero-order valence-electron chi connectivity index (χ0n) is 18.1. The van der Waals surface area contributed by atoms with Crippen LogP contribution in [-0.2, 0) is 14.3 Å². The quantitative estimate of drug-likeness (QED) is 0.625. The highest BCUT2D eigenvalue weighted by molar-refractivity contribution is 5.92. The summed E-state index contributed by atoms with van der Waals surface area (Å²) in [6.07, 6.45) is 0.0657. The predicted octanol–water partition coefficient (Wildman–Crippen LogP) is 0.573. The SMILES string of the molecule is CCOc1ccc(NC(=O)C[NH+](C)CC(=O)N2C[C@@H](C)O[C@H](C)C2)cc1OCC. The summed E-state index contributed by atoms with van der Waals surface area (Å²) < 4.78 is 16.8. The number of rotatable bonds is 9. The van der Waals surface area contributed by atoms with Gasteiger partial charge in [-0.05, 0) is 39.8 Å². The van der Waals surface area contributed by atoms with Crippen LogP contribution in [-0.4, -0.2) is 75.4 Å². The summed E-state index contributed by atoms with van der Waals surface area (Å²) in [5.74, 6) is 1.12. The van der Waals surface area contributed by atoms with Gasteiger partial charge < -0.3 is 29.3 Å². The average molecular weight is 409 g/mol. The number of carbonyl (C=O) groups is 2. The topological polar surface area (TPSA) is 81.5 Å². The van der Waals surface area contributed by atoms with Gasteiger partial charge in [0.05, 0.1) is 32.5 Å². The van der Waals surface area contributed by atoms with Crippen LogP contribution in [0.15, 0.2) is 18.2 Å². The second kappa shape index (κ2) is 11.0. The lowest BCUT2D eigenvalue weighted by molar-refractivity contribution is -0.862. The zero-order chi connectivity index (χ0) is 21.4. The molecule has 1 heterocycles. The van der Waals surface area contributed by atoms with E-state index in [1.807, 2.05) is 39.6 Å². The molecule has 0 radical (unpaired) electrons. The van der Waals surface area contributed by atoms with Gasteiger partial charge in [0.1, 0.15) is 0 Å². The molecule has 1 aliphatic rings. The summed E-state index contributed by atoms with van der Waals surface area (Å²) >= 11 is 0. The number of ether oxygens (including phenoxy) is 3. The van der Waals surface area contributed by atoms with Gasteiger partial charge in [-0.2, -0.15) is 0 Å². The van der Waals surface area contributed by atoms with Crippen molar-refractivity contribution in [3.8, 4) is 11.5 Å². The highest BCUT2D eigenvalue weighted by atomic mass is 16.5. The molecule has 1 unspecified atom stereocenters. The van der Waals surface area contributed by atoms with Crippen molar-refractivity contribution < 1.29 is 28.7 Å². The van der Waals surface area contributed by atoms with E-state index >= 15 is 0 Å². The Bertz CT molecular complexity index is 687. The standard InChI is InChI=1S/C21H33N3O5/c1-6-27-18-9-8-17(10-19(18)28-7-2)22-20(25)13-23(5)14-21(26)24-11-15(3)29-16(4)12-24/h8-10,15-16H,6-7,11-14H2,1-5H3,(H,22,25)/p+1/t15-,16-/m1/s1. The molecule has 0 aromatic heterocycles. The third-order valence-corrected chi connectivity index (χ3v) is 4.51. The maximum absolute atomic E-state index is 12.5. The first kappa shape index (κ1) is 23.0. The molecule has 2 amide bonds. The Morgan fingerprint density at radius 2 is 1.72 bits per heavy atom. The van der Waals surface area contributed by atoms with Gasteiger partial charge in [-0.1, -0.05) is 0 Å². The summed E-state index contributed by atoms with van der Waals surface area (Å²) in [7, 11) is 1.84. The third-order valence-electron chi connectivity index (χ3n) is 4.51. The van der Waals surface area contributed by atoms with E-state index in [9.17, 15) is 9.59 Å². The highest BCUT2D eigenvalue weighted by Gasteiger charge is 2.27. The predicted molar refractivity (Wildman–Crippen MR) is 111 cm³/mol. The van der Waals surface area contributed by atoms with Crippen molar-refractivity contribution >= 4 is 17.5 Å². The highest BCUT2D eigenvalue weighted by Crippen LogP contribution is 2.30. The van der Waals surface area contributed by atoms with Gasteiger partial charge in [0.2, 0.25) is 0 Å². The number of benzene rings is 1. The molecule has 2 rings (SSSR count). The lowest BCUT2D eigenvalue weighted by Gasteiger charge is -2.35. The largest absolute Gasteiger partial charge is 0.490 e. The van der Waals surface area contributed by atoms with E-state index in [4.69, 9.17) is 14.2 Å². The van der Waals surface area contributed by atoms with E-state index in [0.29, 0.717) is 43.5 Å². The third kappa shape index (κ3) is 7.21. The minimum atomic E-state index is -0.161. The number of quaternary nitrogens is 1. The molecule has 2 N–H and O–H groups in total. The minimum Gasteiger partial charge on any atom is -0.490 e. The Hall–Kier alpha value is -2.32. The van der Waals surface area contributed by atoms with Crippen molar-refractivity contribution in [2.75, 3.05) is 51.8 Å². The second-order valence-corrected chi connectivity index (χ2v) is 7.44. The summed E-state index contributed by atoms with van der Waals surface area (Å²) in [6.45, 7) is 10.4. The van der Waals surface area contributed by atoms with Crippen molar-refractivity contribution in [3.05, 3.63) is 18.2 Å². The monoisotopic (exact) mass is 408 g/mol. The van der Waals surface area contributed by atoms with Crippen LogP contribution in [0.3, 0.4) is 0 Å². The molecule has 1 aliphatic heterocycles. The Labute approximate surface area is 173 Å². The molecule has 0 saturated carbocycles. The average Bonchev–Trinajstić information content (AvgIpc) is 2.63. The first-order valence-electron chi connectivity index (χ1n) is 10.3. The molecule has 8 nitrogen and oxygen atoms in total. The van der Waals surface area contributed by atoms with Crippen LogP contribution in [0.4, 0.5) is 5.69 Å². The number of likely N-dealkylation sites (N-methyl/N-ethyl adjacent to an activating group) is 1. The molecule has 1 saturated heterocycles. The number of nitrogens with zero attached hydrogens (tertiary/aromatic N) is 1. The summed E-state index contributed by atoms with van der Waals surface area (Å²) in [6, 6.07) is 5.32. The van der Waals surface area contributed by atoms with Gasteiger partial charge in [0, 0.05) is 24.8 Å². The first-order valence-corrected chi connectivity index (χ1v) is 10.3. The van der Waals surface area contributed by atoms with Crippen LogP contribution in [0.25, 0.3) is 0 Å². The number of hydrogen-bond acceptors (Lipinski definition) is 5. The van der Waals surface area contributed by atoms with Crippen molar-refractivity contribution in [3.63, 3.8) is 0 Å². The molecule has 0 aliphatic carbocycles. The molecule has 0 bridgehead atoms. The van der Waals surface area contributed by atoms with Crippen molar-refractivity contribution in [2.24, 2.45) is 0 Å². The van der Waals surface area contributed by atoms with Crippen LogP contribution in [0, 0.1) is 0 Å². The summed E-state index contributed by atoms with van der Waals surface area (Å²) in [5.41, 5.74) is 0.636. The Morgan fingerprint density at radius 3 is 2.34 bits per heavy atom. The van der Waals surface area contributed by atoms with E-state index in [0.717, 1.165) is 4.90 Å². The van der Waals surface area contributed by atoms with Crippen LogP contribution in [0.5, 0.6) is 11.5 Å². The van der Waals surface area contributed by atoms with Gasteiger partial charge in [-0.3, -0.25) is 9.59 Å². The van der Waals surface area contributed by atoms with Crippen molar-refractivity contribution in [2.45, 2.75) is 39.9 Å². The fraction of sp³-hybridized carbons (Fsp3) is 0.619. The molecule has 162 valence electrons. The molecule has 1 fully saturated rings. The number of carbonyl (C=O) groups excluding carboxylic acids is 2. The maximum Gasteiger partial charge on any atom is 0.279 e. The van der Waals surface area contributed by atoms with Gasteiger partial charge in [0.25, 0.3) is 11.8 Å². The number of anilines is 1. The zero-order valence-corrected chi connectivity index (χ0v) is 18.1. The van der Waals surface area contributed by atoms with Crippen molar-refractivity contribution in [1.82, 2.24) is 4.90 Å². The first-order chi connectivity index (χ1) is 13.8. The number of amides is 2. The molecular weight excluding hydrogens is 374 g/mol. The second-order valence-electron chi connectivity index (χ2n) is 7.44. The van der Waals surface area contributed by atoms with Crippen LogP contribution < -0.4 is 19.7 Å². The Balaban J connectivity index is 1.88. The Morgan fingerprint density at radius 1 is 1.10 bits per heavy atom.